The fourth-order valence-corrected chi connectivity index (χ4v) is 2.94. The van der Waals surface area contributed by atoms with Crippen LogP contribution in [0.5, 0.6) is 0 Å². The van der Waals surface area contributed by atoms with Crippen molar-refractivity contribution in [3.63, 3.8) is 0 Å². The van der Waals surface area contributed by atoms with Gasteiger partial charge in [-0.15, -0.1) is 0 Å². The molecule has 21 heavy (non-hydrogen) atoms. The van der Waals surface area contributed by atoms with Gasteiger partial charge in [0.2, 0.25) is 0 Å². The van der Waals surface area contributed by atoms with Crippen LogP contribution in [0.3, 0.4) is 0 Å². The van der Waals surface area contributed by atoms with Crippen LogP contribution in [0.1, 0.15) is 20.8 Å². The number of nitro benzene ring substituents is 1. The first kappa shape index (κ1) is 17.4. The molecule has 118 valence electrons. The van der Waals surface area contributed by atoms with Gasteiger partial charge in [0.1, 0.15) is 10.6 Å². The molecule has 0 bridgehead atoms. The average Bonchev–Trinajstić information content (AvgIpc) is 2.32. The molecule has 7 nitrogen and oxygen atoms in total. The van der Waals surface area contributed by atoms with E-state index in [1.54, 1.807) is 25.7 Å². The highest BCUT2D eigenvalue weighted by Gasteiger charge is 2.30. The SMILES string of the molecule is CCN(CC(C)(C)O)c1cccc(S(C)(=O)=O)c1[N+](=O)[O-]. The van der Waals surface area contributed by atoms with Crippen molar-refractivity contribution in [3.8, 4) is 0 Å². The highest BCUT2D eigenvalue weighted by molar-refractivity contribution is 7.90. The van der Waals surface area contributed by atoms with Crippen molar-refractivity contribution in [2.75, 3.05) is 24.2 Å². The minimum absolute atomic E-state index is 0.150. The maximum Gasteiger partial charge on any atom is 0.311 e. The van der Waals surface area contributed by atoms with E-state index < -0.39 is 26.0 Å². The van der Waals surface area contributed by atoms with Crippen LogP contribution in [0.15, 0.2) is 23.1 Å². The number of benzene rings is 1. The smallest absolute Gasteiger partial charge is 0.311 e. The first-order valence-electron chi connectivity index (χ1n) is 6.42. The van der Waals surface area contributed by atoms with Gasteiger partial charge in [-0.2, -0.15) is 0 Å². The summed E-state index contributed by atoms with van der Waals surface area (Å²) in [4.78, 5) is 11.9. The highest BCUT2D eigenvalue weighted by Crippen LogP contribution is 2.35. The summed E-state index contributed by atoms with van der Waals surface area (Å²) in [5, 5.41) is 21.2. The molecule has 0 spiro atoms. The largest absolute Gasteiger partial charge is 0.389 e. The fourth-order valence-electron chi connectivity index (χ4n) is 2.08. The molecule has 0 aliphatic carbocycles. The van der Waals surface area contributed by atoms with Gasteiger partial charge in [0.25, 0.3) is 0 Å². The zero-order valence-electron chi connectivity index (χ0n) is 12.5. The minimum Gasteiger partial charge on any atom is -0.389 e. The van der Waals surface area contributed by atoms with Gasteiger partial charge in [0, 0.05) is 19.3 Å². The second-order valence-corrected chi connectivity index (χ2v) is 7.46. The molecule has 8 heteroatoms. The lowest BCUT2D eigenvalue weighted by atomic mass is 10.1. The van der Waals surface area contributed by atoms with Gasteiger partial charge in [0.05, 0.1) is 10.5 Å². The molecule has 0 saturated heterocycles. The number of hydrogen-bond acceptors (Lipinski definition) is 6. The second-order valence-electron chi connectivity index (χ2n) is 5.48. The van der Waals surface area contributed by atoms with Crippen LogP contribution in [0.4, 0.5) is 11.4 Å². The van der Waals surface area contributed by atoms with E-state index in [1.807, 2.05) is 0 Å². The number of nitrogens with zero attached hydrogens (tertiary/aromatic N) is 2. The molecule has 0 aliphatic heterocycles. The van der Waals surface area contributed by atoms with Crippen molar-refractivity contribution in [1.82, 2.24) is 0 Å². The molecule has 0 heterocycles. The van der Waals surface area contributed by atoms with E-state index >= 15 is 0 Å². The highest BCUT2D eigenvalue weighted by atomic mass is 32.2. The van der Waals surface area contributed by atoms with E-state index in [4.69, 9.17) is 0 Å². The molecule has 0 fully saturated rings. The number of nitro groups is 1. The van der Waals surface area contributed by atoms with Crippen LogP contribution in [0, 0.1) is 10.1 Å². The first-order valence-corrected chi connectivity index (χ1v) is 8.31. The van der Waals surface area contributed by atoms with E-state index in [9.17, 15) is 23.6 Å². The molecule has 1 rings (SSSR count). The Morgan fingerprint density at radius 2 is 1.95 bits per heavy atom. The van der Waals surface area contributed by atoms with E-state index in [0.717, 1.165) is 6.26 Å². The lowest BCUT2D eigenvalue weighted by molar-refractivity contribution is -0.387. The zero-order valence-corrected chi connectivity index (χ0v) is 13.3. The summed E-state index contributed by atoms with van der Waals surface area (Å²) >= 11 is 0. The van der Waals surface area contributed by atoms with Crippen LogP contribution in [-0.4, -0.2) is 43.4 Å². The fraction of sp³-hybridized carbons (Fsp3) is 0.538. The van der Waals surface area contributed by atoms with Gasteiger partial charge < -0.3 is 10.0 Å². The number of likely N-dealkylation sites (N-methyl/N-ethyl adjacent to an activating group) is 1. The number of para-hydroxylation sites is 1. The van der Waals surface area contributed by atoms with E-state index in [1.165, 1.54) is 18.2 Å². The lowest BCUT2D eigenvalue weighted by Gasteiger charge is -2.29. The Morgan fingerprint density at radius 3 is 2.33 bits per heavy atom. The number of anilines is 1. The zero-order chi connectivity index (χ0) is 16.4. The molecule has 0 aromatic heterocycles. The first-order chi connectivity index (χ1) is 9.47. The van der Waals surface area contributed by atoms with Gasteiger partial charge in [-0.3, -0.25) is 10.1 Å². The standard InChI is InChI=1S/C13H20N2O5S/c1-5-14(9-13(2,3)16)10-7-6-8-11(21(4,19)20)12(10)15(17)18/h6-8,16H,5,9H2,1-4H3. The van der Waals surface area contributed by atoms with Crippen molar-refractivity contribution in [1.29, 1.82) is 0 Å². The summed E-state index contributed by atoms with van der Waals surface area (Å²) in [5.74, 6) is 0. The minimum atomic E-state index is -3.72. The van der Waals surface area contributed by atoms with Gasteiger partial charge in [-0.05, 0) is 32.9 Å². The molecule has 0 atom stereocenters. The maximum absolute atomic E-state index is 11.7. The van der Waals surface area contributed by atoms with Crippen LogP contribution >= 0.6 is 0 Å². The summed E-state index contributed by atoms with van der Waals surface area (Å²) in [6.45, 7) is 5.50. The van der Waals surface area contributed by atoms with Crippen molar-refractivity contribution in [2.45, 2.75) is 31.3 Å². The Hall–Kier alpha value is -1.67. The van der Waals surface area contributed by atoms with Crippen LogP contribution in [0.2, 0.25) is 0 Å². The third-order valence-electron chi connectivity index (χ3n) is 2.86. The van der Waals surface area contributed by atoms with Crippen molar-refractivity contribution < 1.29 is 18.4 Å². The average molecular weight is 316 g/mol. The molecule has 0 amide bonds. The summed E-state index contributed by atoms with van der Waals surface area (Å²) in [5.41, 5.74) is -1.33. The van der Waals surface area contributed by atoms with Crippen LogP contribution < -0.4 is 4.90 Å². The molecule has 0 aliphatic rings. The molecule has 1 N–H and O–H groups in total. The number of hydrogen-bond donors (Lipinski definition) is 1. The monoisotopic (exact) mass is 316 g/mol. The van der Waals surface area contributed by atoms with Gasteiger partial charge in [0.15, 0.2) is 9.84 Å². The van der Waals surface area contributed by atoms with Gasteiger partial charge >= 0.3 is 5.69 Å². The summed E-state index contributed by atoms with van der Waals surface area (Å²) in [7, 11) is -3.72. The third-order valence-corrected chi connectivity index (χ3v) is 3.99. The predicted octanol–water partition coefficient (Wildman–Crippen LogP) is 1.60. The third kappa shape index (κ3) is 4.40. The Morgan fingerprint density at radius 1 is 1.38 bits per heavy atom. The van der Waals surface area contributed by atoms with Crippen molar-refractivity contribution in [2.24, 2.45) is 0 Å². The number of rotatable bonds is 6. The summed E-state index contributed by atoms with van der Waals surface area (Å²) in [6, 6.07) is 4.17. The quantitative estimate of drug-likeness (QED) is 0.632. The van der Waals surface area contributed by atoms with E-state index in [0.29, 0.717) is 6.54 Å². The maximum atomic E-state index is 11.7. The van der Waals surface area contributed by atoms with E-state index in [-0.39, 0.29) is 17.1 Å². The van der Waals surface area contributed by atoms with Crippen LogP contribution in [0.25, 0.3) is 0 Å². The predicted molar refractivity (Wildman–Crippen MR) is 80.4 cm³/mol. The van der Waals surface area contributed by atoms with Gasteiger partial charge in [-0.1, -0.05) is 6.07 Å². The lowest BCUT2D eigenvalue weighted by Crippen LogP contribution is -2.39. The summed E-state index contributed by atoms with van der Waals surface area (Å²) in [6.07, 6.45) is 0.936. The molecule has 1 aromatic carbocycles. The van der Waals surface area contributed by atoms with Crippen LogP contribution in [-0.2, 0) is 9.84 Å². The van der Waals surface area contributed by atoms with Crippen molar-refractivity contribution >= 4 is 21.2 Å². The number of sulfone groups is 1. The Kier molecular flexibility index (Phi) is 4.95. The Bertz CT molecular complexity index is 634. The van der Waals surface area contributed by atoms with Gasteiger partial charge in [-0.25, -0.2) is 8.42 Å². The molecule has 0 saturated carbocycles. The normalized spacial score (nSPS) is 12.2. The molecular weight excluding hydrogens is 296 g/mol. The second kappa shape index (κ2) is 5.98. The van der Waals surface area contributed by atoms with Crippen molar-refractivity contribution in [3.05, 3.63) is 28.3 Å². The number of aliphatic hydroxyl groups is 1. The Balaban J connectivity index is 3.52. The molecule has 0 unspecified atom stereocenters. The topological polar surface area (TPSA) is 101 Å². The molecule has 1 aromatic rings. The van der Waals surface area contributed by atoms with E-state index in [2.05, 4.69) is 0 Å². The Labute approximate surface area is 124 Å². The summed E-state index contributed by atoms with van der Waals surface area (Å²) < 4.78 is 23.5. The molecule has 0 radical (unpaired) electrons. The molecular formula is C13H20N2O5S.